The van der Waals surface area contributed by atoms with E-state index in [1.54, 1.807) is 0 Å². The Morgan fingerprint density at radius 1 is 1.30 bits per heavy atom. The molecule has 2 rings (SSSR count). The Labute approximate surface area is 63.9 Å². The lowest BCUT2D eigenvalue weighted by Gasteiger charge is -2.07. The molecule has 0 fully saturated rings. The predicted octanol–water partition coefficient (Wildman–Crippen LogP) is 2.50. The average molecular weight is 149 g/mol. The van der Waals surface area contributed by atoms with E-state index in [4.69, 9.17) is 4.18 Å². The highest BCUT2D eigenvalue weighted by molar-refractivity contribution is 7.96. The fourth-order valence-electron chi connectivity index (χ4n) is 0.832. The second kappa shape index (κ2) is 2.39. The van der Waals surface area contributed by atoms with Crippen LogP contribution < -0.4 is 4.18 Å². The van der Waals surface area contributed by atoms with Gasteiger partial charge in [0.1, 0.15) is 5.75 Å². The van der Waals surface area contributed by atoms with Crippen molar-refractivity contribution in [3.8, 4) is 5.75 Å². The van der Waals surface area contributed by atoms with Gasteiger partial charge in [-0.1, -0.05) is 18.2 Å². The Morgan fingerprint density at radius 2 is 2.20 bits per heavy atom. The third kappa shape index (κ3) is 0.907. The van der Waals surface area contributed by atoms with Gasteiger partial charge in [-0.05, 0) is 12.1 Å². The van der Waals surface area contributed by atoms with Gasteiger partial charge in [0.15, 0.2) is 0 Å². The topological polar surface area (TPSA) is 9.23 Å². The van der Waals surface area contributed by atoms with Crippen molar-refractivity contribution in [1.29, 1.82) is 0 Å². The van der Waals surface area contributed by atoms with Gasteiger partial charge in [0.25, 0.3) is 0 Å². The lowest BCUT2D eigenvalue weighted by molar-refractivity contribution is 0.647. The molecule has 0 spiro atoms. The van der Waals surface area contributed by atoms with E-state index in [1.807, 2.05) is 30.3 Å². The minimum atomic E-state index is 0.922. The highest BCUT2D eigenvalue weighted by Crippen LogP contribution is 2.27. The molecular formula is C8H5OS. The van der Waals surface area contributed by atoms with Crippen LogP contribution in [0.2, 0.25) is 0 Å². The molecule has 10 heavy (non-hydrogen) atoms. The maximum absolute atomic E-state index is 5.20. The van der Waals surface area contributed by atoms with E-state index in [2.05, 4.69) is 5.41 Å². The Balaban J connectivity index is 2.54. The summed E-state index contributed by atoms with van der Waals surface area (Å²) in [5, 5.41) is 2.91. The maximum Gasteiger partial charge on any atom is 0.145 e. The van der Waals surface area contributed by atoms with Gasteiger partial charge in [0.05, 0.1) is 17.5 Å². The van der Waals surface area contributed by atoms with Gasteiger partial charge in [0.2, 0.25) is 0 Å². The van der Waals surface area contributed by atoms with Crippen LogP contribution in [0.4, 0.5) is 0 Å². The Hall–Kier alpha value is -0.890. The molecule has 0 amide bonds. The fraction of sp³-hybridized carbons (Fsp3) is 0. The summed E-state index contributed by atoms with van der Waals surface area (Å²) in [7, 11) is 0. The Morgan fingerprint density at radius 3 is 3.10 bits per heavy atom. The fourth-order valence-corrected chi connectivity index (χ4v) is 1.30. The second-order valence-electron chi connectivity index (χ2n) is 1.97. The van der Waals surface area contributed by atoms with Crippen LogP contribution in [0.3, 0.4) is 0 Å². The zero-order valence-corrected chi connectivity index (χ0v) is 6.02. The average Bonchev–Trinajstić information content (AvgIpc) is 2.05. The van der Waals surface area contributed by atoms with Gasteiger partial charge in [-0.3, -0.25) is 0 Å². The quantitative estimate of drug-likeness (QED) is 0.524. The van der Waals surface area contributed by atoms with Crippen molar-refractivity contribution in [2.45, 2.75) is 0 Å². The van der Waals surface area contributed by atoms with Crippen LogP contribution in [0.15, 0.2) is 24.3 Å². The summed E-state index contributed by atoms with van der Waals surface area (Å²) in [6.45, 7) is 0. The van der Waals surface area contributed by atoms with E-state index in [-0.39, 0.29) is 0 Å². The normalized spacial score (nSPS) is 14.0. The van der Waals surface area contributed by atoms with Gasteiger partial charge in [-0.15, -0.1) is 0 Å². The van der Waals surface area contributed by atoms with Gasteiger partial charge in [-0.2, -0.15) is 0 Å². The molecule has 0 aromatic heterocycles. The maximum atomic E-state index is 5.20. The number of hydrogen-bond acceptors (Lipinski definition) is 2. The standard InChI is InChI=1S/C8H5OS/c1-2-4-8-7(3-1)5-6-10-9-8/h1-5H. The van der Waals surface area contributed by atoms with E-state index >= 15 is 0 Å². The van der Waals surface area contributed by atoms with Crippen LogP contribution in [-0.4, -0.2) is 0 Å². The van der Waals surface area contributed by atoms with E-state index < -0.39 is 0 Å². The summed E-state index contributed by atoms with van der Waals surface area (Å²) in [5.41, 5.74) is 1.10. The van der Waals surface area contributed by atoms with Crippen LogP contribution >= 0.6 is 12.0 Å². The van der Waals surface area contributed by atoms with E-state index in [1.165, 1.54) is 12.0 Å². The first-order valence-corrected chi connectivity index (χ1v) is 3.72. The molecule has 1 aromatic carbocycles. The van der Waals surface area contributed by atoms with Crippen molar-refractivity contribution >= 4 is 18.1 Å². The van der Waals surface area contributed by atoms with E-state index in [0.717, 1.165) is 11.3 Å². The van der Waals surface area contributed by atoms with Crippen LogP contribution in [0.5, 0.6) is 5.75 Å². The molecule has 0 aliphatic carbocycles. The minimum Gasteiger partial charge on any atom is -0.420 e. The zero-order chi connectivity index (χ0) is 6.81. The zero-order valence-electron chi connectivity index (χ0n) is 5.20. The first kappa shape index (κ1) is 5.86. The molecule has 0 unspecified atom stereocenters. The Kier molecular flexibility index (Phi) is 1.40. The number of para-hydroxylation sites is 1. The molecule has 1 nitrogen and oxygen atoms in total. The summed E-state index contributed by atoms with van der Waals surface area (Å²) in [6.07, 6.45) is 1.92. The lowest BCUT2D eigenvalue weighted by atomic mass is 10.2. The van der Waals surface area contributed by atoms with Gasteiger partial charge in [-0.25, -0.2) is 0 Å². The molecule has 0 atom stereocenters. The van der Waals surface area contributed by atoms with E-state index in [0.29, 0.717) is 0 Å². The van der Waals surface area contributed by atoms with Gasteiger partial charge < -0.3 is 4.18 Å². The Bertz CT molecular complexity index is 268. The molecule has 1 aliphatic rings. The molecule has 1 aromatic rings. The largest absolute Gasteiger partial charge is 0.420 e. The van der Waals surface area contributed by atoms with Crippen molar-refractivity contribution in [2.75, 3.05) is 0 Å². The molecule has 2 heteroatoms. The van der Waals surface area contributed by atoms with Gasteiger partial charge in [0, 0.05) is 5.56 Å². The monoisotopic (exact) mass is 149 g/mol. The molecule has 0 N–H and O–H groups in total. The molecule has 0 saturated heterocycles. The lowest BCUT2D eigenvalue weighted by Crippen LogP contribution is -1.86. The molecule has 1 radical (unpaired) electrons. The third-order valence-corrected chi connectivity index (χ3v) is 1.79. The predicted molar refractivity (Wildman–Crippen MR) is 42.4 cm³/mol. The third-order valence-electron chi connectivity index (χ3n) is 1.31. The van der Waals surface area contributed by atoms with Crippen molar-refractivity contribution in [2.24, 2.45) is 0 Å². The summed E-state index contributed by atoms with van der Waals surface area (Å²) in [4.78, 5) is 0. The first-order valence-electron chi connectivity index (χ1n) is 2.98. The first-order chi connectivity index (χ1) is 4.97. The van der Waals surface area contributed by atoms with Crippen LogP contribution in [0, 0.1) is 5.41 Å². The molecule has 1 heterocycles. The molecular weight excluding hydrogens is 144 g/mol. The number of rotatable bonds is 0. The highest BCUT2D eigenvalue weighted by atomic mass is 32.2. The number of benzene rings is 1. The smallest absolute Gasteiger partial charge is 0.145 e. The van der Waals surface area contributed by atoms with Crippen molar-refractivity contribution in [3.05, 3.63) is 35.2 Å². The van der Waals surface area contributed by atoms with Crippen molar-refractivity contribution in [3.63, 3.8) is 0 Å². The van der Waals surface area contributed by atoms with Crippen LogP contribution in [0.25, 0.3) is 6.08 Å². The summed E-state index contributed by atoms with van der Waals surface area (Å²) < 4.78 is 5.20. The SMILES string of the molecule is [C]1=Cc2ccccc2OS1. The molecule has 0 saturated carbocycles. The molecule has 0 bridgehead atoms. The highest BCUT2D eigenvalue weighted by Gasteiger charge is 2.03. The van der Waals surface area contributed by atoms with Crippen LogP contribution in [-0.2, 0) is 0 Å². The number of hydrogen-bond donors (Lipinski definition) is 0. The molecule has 49 valence electrons. The molecule has 1 aliphatic heterocycles. The van der Waals surface area contributed by atoms with E-state index in [9.17, 15) is 0 Å². The van der Waals surface area contributed by atoms with Crippen LogP contribution in [0.1, 0.15) is 5.56 Å². The number of fused-ring (bicyclic) bond motifs is 1. The van der Waals surface area contributed by atoms with Crippen molar-refractivity contribution < 1.29 is 4.18 Å². The van der Waals surface area contributed by atoms with Crippen molar-refractivity contribution in [1.82, 2.24) is 0 Å². The minimum absolute atomic E-state index is 0.922. The summed E-state index contributed by atoms with van der Waals surface area (Å²) in [6, 6.07) is 7.89. The van der Waals surface area contributed by atoms with Gasteiger partial charge >= 0.3 is 0 Å². The summed E-state index contributed by atoms with van der Waals surface area (Å²) >= 11 is 1.23. The second-order valence-corrected chi connectivity index (χ2v) is 2.54. The summed E-state index contributed by atoms with van der Waals surface area (Å²) in [5.74, 6) is 0.922.